The zero-order valence-electron chi connectivity index (χ0n) is 18.6. The average Bonchev–Trinajstić information content (AvgIpc) is 2.72. The molecule has 180 valence electrons. The van der Waals surface area contributed by atoms with Gasteiger partial charge in [-0.05, 0) is 49.2 Å². The molecule has 1 heterocycles. The van der Waals surface area contributed by atoms with E-state index in [-0.39, 0.29) is 16.3 Å². The predicted molar refractivity (Wildman–Crippen MR) is 119 cm³/mol. The molecule has 0 radical (unpaired) electrons. The molecular formula is C22H21F3N4O4S. The van der Waals surface area contributed by atoms with Crippen LogP contribution in [-0.2, 0) is 15.9 Å². The Labute approximate surface area is 194 Å². The molecule has 3 rings (SSSR count). The second-order valence-corrected chi connectivity index (χ2v) is 9.54. The van der Waals surface area contributed by atoms with E-state index in [1.807, 2.05) is 0 Å². The molecule has 0 saturated heterocycles. The van der Waals surface area contributed by atoms with E-state index in [9.17, 15) is 22.2 Å². The fraction of sp³-hybridized carbons (Fsp3) is 0.227. The van der Waals surface area contributed by atoms with Crippen molar-refractivity contribution in [2.75, 3.05) is 18.7 Å². The van der Waals surface area contributed by atoms with Crippen molar-refractivity contribution in [1.29, 1.82) is 4.78 Å². The Morgan fingerprint density at radius 2 is 1.79 bits per heavy atom. The van der Waals surface area contributed by atoms with E-state index in [1.54, 1.807) is 19.1 Å². The SMILES string of the molecule is COc1c(C)cccc1Oc1nnc(C(F)(F)F)c(C)c1C(=O)Nc1cccc(S(C)(=N)=O)c1. The number of nitrogens with zero attached hydrogens (tertiary/aromatic N) is 2. The zero-order valence-corrected chi connectivity index (χ0v) is 19.4. The van der Waals surface area contributed by atoms with Gasteiger partial charge in [-0.1, -0.05) is 18.2 Å². The minimum Gasteiger partial charge on any atom is -0.493 e. The first-order chi connectivity index (χ1) is 15.8. The van der Waals surface area contributed by atoms with E-state index < -0.39 is 44.5 Å². The number of hydrogen-bond acceptors (Lipinski definition) is 7. The van der Waals surface area contributed by atoms with E-state index in [1.165, 1.54) is 43.7 Å². The van der Waals surface area contributed by atoms with Crippen molar-refractivity contribution in [2.45, 2.75) is 24.9 Å². The van der Waals surface area contributed by atoms with Crippen LogP contribution in [0, 0.1) is 18.6 Å². The van der Waals surface area contributed by atoms with Crippen LogP contribution in [-0.4, -0.2) is 33.7 Å². The third-order valence-corrected chi connectivity index (χ3v) is 5.96. The fourth-order valence-electron chi connectivity index (χ4n) is 3.19. The number of aromatic nitrogens is 2. The smallest absolute Gasteiger partial charge is 0.435 e. The van der Waals surface area contributed by atoms with Crippen molar-refractivity contribution in [1.82, 2.24) is 10.2 Å². The second-order valence-electron chi connectivity index (χ2n) is 7.39. The summed E-state index contributed by atoms with van der Waals surface area (Å²) < 4.78 is 71.2. The predicted octanol–water partition coefficient (Wildman–Crippen LogP) is 5.20. The first-order valence-corrected chi connectivity index (χ1v) is 11.7. The normalized spacial score (nSPS) is 13.1. The van der Waals surface area contributed by atoms with Crippen LogP contribution in [0.4, 0.5) is 18.9 Å². The van der Waals surface area contributed by atoms with Gasteiger partial charge in [0.2, 0.25) is 0 Å². The van der Waals surface area contributed by atoms with Crippen molar-refractivity contribution in [2.24, 2.45) is 0 Å². The van der Waals surface area contributed by atoms with Crippen molar-refractivity contribution in [3.8, 4) is 17.4 Å². The van der Waals surface area contributed by atoms with Gasteiger partial charge in [0, 0.05) is 16.8 Å². The lowest BCUT2D eigenvalue weighted by molar-refractivity contribution is -0.142. The standard InChI is InChI=1S/C22H21F3N4O4S/c1-12-7-5-10-16(18(12)32-3)33-21-17(13(2)19(28-29-21)22(23,24)25)20(30)27-14-8-6-9-15(11-14)34(4,26)31/h5-11,26H,1-4H3,(H,27,30). The first kappa shape index (κ1) is 25.0. The van der Waals surface area contributed by atoms with Gasteiger partial charge in [0.25, 0.3) is 11.8 Å². The molecule has 1 aromatic heterocycles. The van der Waals surface area contributed by atoms with Crippen LogP contribution in [0.3, 0.4) is 0 Å². The van der Waals surface area contributed by atoms with E-state index in [0.29, 0.717) is 11.3 Å². The van der Waals surface area contributed by atoms with E-state index >= 15 is 0 Å². The summed E-state index contributed by atoms with van der Waals surface area (Å²) in [6.45, 7) is 2.83. The van der Waals surface area contributed by atoms with E-state index in [0.717, 1.165) is 6.92 Å². The number of halogens is 3. The van der Waals surface area contributed by atoms with Gasteiger partial charge in [0.15, 0.2) is 17.2 Å². The molecular weight excluding hydrogens is 473 g/mol. The summed E-state index contributed by atoms with van der Waals surface area (Å²) in [5.74, 6) is -0.965. The molecule has 1 atom stereocenters. The Hall–Kier alpha value is -3.67. The second kappa shape index (κ2) is 9.29. The quantitative estimate of drug-likeness (QED) is 0.487. The highest BCUT2D eigenvalue weighted by Gasteiger charge is 2.38. The molecule has 0 aliphatic heterocycles. The van der Waals surface area contributed by atoms with Crippen LogP contribution in [0.5, 0.6) is 17.4 Å². The van der Waals surface area contributed by atoms with Gasteiger partial charge >= 0.3 is 6.18 Å². The Morgan fingerprint density at radius 3 is 2.41 bits per heavy atom. The highest BCUT2D eigenvalue weighted by atomic mass is 32.2. The number of ether oxygens (including phenoxy) is 2. The molecule has 1 unspecified atom stereocenters. The van der Waals surface area contributed by atoms with Gasteiger partial charge < -0.3 is 14.8 Å². The molecule has 0 bridgehead atoms. The Bertz CT molecular complexity index is 1360. The molecule has 0 aliphatic rings. The molecule has 0 saturated carbocycles. The number of rotatable bonds is 6. The van der Waals surface area contributed by atoms with Crippen molar-refractivity contribution >= 4 is 21.3 Å². The highest BCUT2D eigenvalue weighted by Crippen LogP contribution is 2.38. The van der Waals surface area contributed by atoms with Crippen molar-refractivity contribution in [3.63, 3.8) is 0 Å². The maximum atomic E-state index is 13.5. The number of nitrogens with one attached hydrogen (secondary N) is 2. The maximum Gasteiger partial charge on any atom is 0.435 e. The van der Waals surface area contributed by atoms with Crippen molar-refractivity contribution in [3.05, 3.63) is 64.8 Å². The number of anilines is 1. The summed E-state index contributed by atoms with van der Waals surface area (Å²) in [7, 11) is -1.68. The maximum absolute atomic E-state index is 13.5. The summed E-state index contributed by atoms with van der Waals surface area (Å²) in [4.78, 5) is 13.3. The van der Waals surface area contributed by atoms with Crippen LogP contribution in [0.25, 0.3) is 0 Å². The Morgan fingerprint density at radius 1 is 1.12 bits per heavy atom. The minimum atomic E-state index is -4.86. The monoisotopic (exact) mass is 494 g/mol. The minimum absolute atomic E-state index is 0.131. The van der Waals surface area contributed by atoms with Gasteiger partial charge in [-0.15, -0.1) is 10.2 Å². The molecule has 0 spiro atoms. The van der Waals surface area contributed by atoms with Crippen LogP contribution in [0.1, 0.15) is 27.2 Å². The lowest BCUT2D eigenvalue weighted by Gasteiger charge is -2.17. The average molecular weight is 494 g/mol. The summed E-state index contributed by atoms with van der Waals surface area (Å²) in [6.07, 6.45) is -3.65. The number of alkyl halides is 3. The van der Waals surface area contributed by atoms with Gasteiger partial charge in [-0.2, -0.15) is 13.2 Å². The highest BCUT2D eigenvalue weighted by molar-refractivity contribution is 7.91. The van der Waals surface area contributed by atoms with Gasteiger partial charge in [0.1, 0.15) is 5.56 Å². The van der Waals surface area contributed by atoms with Crippen molar-refractivity contribution < 1.29 is 31.6 Å². The van der Waals surface area contributed by atoms with Gasteiger partial charge in [-0.3, -0.25) is 4.79 Å². The van der Waals surface area contributed by atoms with E-state index in [2.05, 4.69) is 15.5 Å². The number of amides is 1. The van der Waals surface area contributed by atoms with Crippen LogP contribution in [0.2, 0.25) is 0 Å². The molecule has 34 heavy (non-hydrogen) atoms. The largest absolute Gasteiger partial charge is 0.493 e. The topological polar surface area (TPSA) is 114 Å². The zero-order chi connectivity index (χ0) is 25.3. The Kier molecular flexibility index (Phi) is 6.82. The van der Waals surface area contributed by atoms with Gasteiger partial charge in [-0.25, -0.2) is 8.99 Å². The molecule has 1 amide bonds. The lowest BCUT2D eigenvalue weighted by Crippen LogP contribution is -2.21. The number of carbonyl (C=O) groups is 1. The van der Waals surface area contributed by atoms with Crippen LogP contribution < -0.4 is 14.8 Å². The van der Waals surface area contributed by atoms with Crippen LogP contribution in [0.15, 0.2) is 47.4 Å². The fourth-order valence-corrected chi connectivity index (χ4v) is 3.88. The third-order valence-electron chi connectivity index (χ3n) is 4.81. The first-order valence-electron chi connectivity index (χ1n) is 9.74. The third kappa shape index (κ3) is 5.28. The molecule has 2 N–H and O–H groups in total. The number of aryl methyl sites for hydroxylation is 1. The number of methoxy groups -OCH3 is 1. The van der Waals surface area contributed by atoms with Crippen LogP contribution >= 0.6 is 0 Å². The summed E-state index contributed by atoms with van der Waals surface area (Å²) in [6, 6.07) is 10.6. The number of hydrogen-bond donors (Lipinski definition) is 2. The number of carbonyl (C=O) groups excluding carboxylic acids is 1. The lowest BCUT2D eigenvalue weighted by atomic mass is 10.1. The number of benzene rings is 2. The van der Waals surface area contributed by atoms with Gasteiger partial charge in [0.05, 0.1) is 16.8 Å². The Balaban J connectivity index is 2.11. The summed E-state index contributed by atoms with van der Waals surface area (Å²) in [5, 5.41) is 9.24. The molecule has 8 nitrogen and oxygen atoms in total. The molecule has 0 fully saturated rings. The number of para-hydroxylation sites is 1. The molecule has 2 aromatic carbocycles. The summed E-state index contributed by atoms with van der Waals surface area (Å²) in [5.41, 5.74) is -1.49. The summed E-state index contributed by atoms with van der Waals surface area (Å²) >= 11 is 0. The molecule has 3 aromatic rings. The molecule has 12 heteroatoms. The molecule has 0 aliphatic carbocycles. The van der Waals surface area contributed by atoms with E-state index in [4.69, 9.17) is 14.3 Å².